The number of halogens is 1. The van der Waals surface area contributed by atoms with Crippen LogP contribution in [0.15, 0.2) is 30.3 Å². The van der Waals surface area contributed by atoms with Crippen molar-refractivity contribution in [3.63, 3.8) is 0 Å². The maximum absolute atomic E-state index is 13.1. The lowest BCUT2D eigenvalue weighted by Crippen LogP contribution is -2.38. The van der Waals surface area contributed by atoms with Crippen LogP contribution in [0.25, 0.3) is 11.1 Å². The fraction of sp³-hybridized carbons (Fsp3) is 0.450. The number of carbonyl (C=O) groups is 1. The molecule has 1 fully saturated rings. The highest BCUT2D eigenvalue weighted by Gasteiger charge is 2.25. The average Bonchev–Trinajstić information content (AvgIpc) is 3.02. The lowest BCUT2D eigenvalue weighted by atomic mass is 9.93. The van der Waals surface area contributed by atoms with Gasteiger partial charge in [-0.05, 0) is 75.0 Å². The van der Waals surface area contributed by atoms with Crippen LogP contribution in [-0.2, 0) is 0 Å². The third-order valence-electron chi connectivity index (χ3n) is 4.99. The number of piperidine rings is 1. The molecule has 1 aromatic carbocycles. The number of amides is 1. The summed E-state index contributed by atoms with van der Waals surface area (Å²) in [6.45, 7) is 4.75. The summed E-state index contributed by atoms with van der Waals surface area (Å²) < 4.78 is 13.1. The highest BCUT2D eigenvalue weighted by molar-refractivity contribution is 7.14. The largest absolute Gasteiger partial charge is 0.338 e. The van der Waals surface area contributed by atoms with Gasteiger partial charge in [0.1, 0.15) is 5.82 Å². The fourth-order valence-corrected chi connectivity index (χ4v) is 4.44. The molecule has 0 atom stereocenters. The molecule has 1 aliphatic rings. The molecule has 2 heterocycles. The molecule has 1 aromatic heterocycles. The third-order valence-corrected chi connectivity index (χ3v) is 6.03. The van der Waals surface area contributed by atoms with Gasteiger partial charge in [0.15, 0.2) is 0 Å². The van der Waals surface area contributed by atoms with Crippen LogP contribution in [0.2, 0.25) is 0 Å². The molecule has 0 bridgehead atoms. The third kappa shape index (κ3) is 4.28. The zero-order valence-electron chi connectivity index (χ0n) is 14.8. The van der Waals surface area contributed by atoms with Gasteiger partial charge in [-0.3, -0.25) is 4.79 Å². The van der Waals surface area contributed by atoms with Crippen molar-refractivity contribution >= 4 is 17.2 Å². The van der Waals surface area contributed by atoms with Crippen LogP contribution in [-0.4, -0.2) is 37.5 Å². The van der Waals surface area contributed by atoms with E-state index in [4.69, 9.17) is 0 Å². The summed E-state index contributed by atoms with van der Waals surface area (Å²) in [6.07, 6.45) is 3.36. The average molecular weight is 360 g/mol. The lowest BCUT2D eigenvalue weighted by Gasteiger charge is -2.31. The number of aryl methyl sites for hydroxylation is 1. The van der Waals surface area contributed by atoms with E-state index in [0.29, 0.717) is 0 Å². The van der Waals surface area contributed by atoms with Gasteiger partial charge in [-0.2, -0.15) is 0 Å². The van der Waals surface area contributed by atoms with E-state index in [0.717, 1.165) is 59.3 Å². The van der Waals surface area contributed by atoms with Crippen LogP contribution < -0.4 is 5.32 Å². The van der Waals surface area contributed by atoms with Crippen LogP contribution >= 0.6 is 11.3 Å². The molecule has 0 saturated carbocycles. The standard InChI is InChI=1S/C20H25FN2OS/c1-14-18(16-3-5-17(21)6-4-16)13-19(25-14)20(24)23-11-8-15(9-12-23)7-10-22-2/h3-6,13,15,22H,7-12H2,1-2H3. The molecule has 0 spiro atoms. The molecule has 0 radical (unpaired) electrons. The Balaban J connectivity index is 1.67. The Hall–Kier alpha value is -1.72. The van der Waals surface area contributed by atoms with Gasteiger partial charge in [-0.25, -0.2) is 4.39 Å². The van der Waals surface area contributed by atoms with E-state index in [9.17, 15) is 9.18 Å². The Bertz CT molecular complexity index is 718. The molecule has 0 unspecified atom stereocenters. The lowest BCUT2D eigenvalue weighted by molar-refractivity contribution is 0.0692. The van der Waals surface area contributed by atoms with E-state index in [-0.39, 0.29) is 11.7 Å². The summed E-state index contributed by atoms with van der Waals surface area (Å²) in [5, 5.41) is 3.20. The van der Waals surface area contributed by atoms with Crippen LogP contribution in [0, 0.1) is 18.7 Å². The first kappa shape index (κ1) is 18.1. The first-order valence-corrected chi connectivity index (χ1v) is 9.70. The summed E-state index contributed by atoms with van der Waals surface area (Å²) >= 11 is 1.53. The number of nitrogens with zero attached hydrogens (tertiary/aromatic N) is 1. The number of thiophene rings is 1. The second-order valence-corrected chi connectivity index (χ2v) is 7.97. The number of rotatable bonds is 5. The number of hydrogen-bond donors (Lipinski definition) is 1. The van der Waals surface area contributed by atoms with Gasteiger partial charge >= 0.3 is 0 Å². The van der Waals surface area contributed by atoms with Crippen molar-refractivity contribution in [2.24, 2.45) is 5.92 Å². The van der Waals surface area contributed by atoms with E-state index >= 15 is 0 Å². The zero-order valence-corrected chi connectivity index (χ0v) is 15.7. The first-order valence-electron chi connectivity index (χ1n) is 8.88. The minimum atomic E-state index is -0.242. The Morgan fingerprint density at radius 2 is 1.96 bits per heavy atom. The molecule has 1 N–H and O–H groups in total. The summed E-state index contributed by atoms with van der Waals surface area (Å²) in [5.41, 5.74) is 1.98. The Kier molecular flexibility index (Phi) is 5.86. The molecule has 1 aliphatic heterocycles. The van der Waals surface area contributed by atoms with E-state index in [1.165, 1.54) is 29.9 Å². The summed E-state index contributed by atoms with van der Waals surface area (Å²) in [6, 6.07) is 8.42. The molecule has 2 aromatic rings. The number of benzene rings is 1. The van der Waals surface area contributed by atoms with Crippen molar-refractivity contribution in [1.82, 2.24) is 10.2 Å². The molecule has 1 saturated heterocycles. The predicted octanol–water partition coefficient (Wildman–Crippen LogP) is 4.32. The van der Waals surface area contributed by atoms with Crippen LogP contribution in [0.4, 0.5) is 4.39 Å². The highest BCUT2D eigenvalue weighted by atomic mass is 32.1. The molecular weight excluding hydrogens is 335 g/mol. The predicted molar refractivity (Wildman–Crippen MR) is 102 cm³/mol. The van der Waals surface area contributed by atoms with Gasteiger partial charge in [0.05, 0.1) is 4.88 Å². The van der Waals surface area contributed by atoms with Crippen molar-refractivity contribution in [3.8, 4) is 11.1 Å². The SMILES string of the molecule is CNCCC1CCN(C(=O)c2cc(-c3ccc(F)cc3)c(C)s2)CC1. The summed E-state index contributed by atoms with van der Waals surface area (Å²) in [7, 11) is 1.98. The second kappa shape index (κ2) is 8.11. The number of hydrogen-bond acceptors (Lipinski definition) is 3. The van der Waals surface area contributed by atoms with E-state index in [1.807, 2.05) is 24.9 Å². The van der Waals surface area contributed by atoms with Crippen molar-refractivity contribution in [1.29, 1.82) is 0 Å². The minimum absolute atomic E-state index is 0.133. The highest BCUT2D eigenvalue weighted by Crippen LogP contribution is 2.32. The van der Waals surface area contributed by atoms with Crippen LogP contribution in [0.3, 0.4) is 0 Å². The molecule has 25 heavy (non-hydrogen) atoms. The van der Waals surface area contributed by atoms with Crippen molar-refractivity contribution in [3.05, 3.63) is 45.9 Å². The summed E-state index contributed by atoms with van der Waals surface area (Å²) in [5.74, 6) is 0.610. The fourth-order valence-electron chi connectivity index (χ4n) is 3.43. The smallest absolute Gasteiger partial charge is 0.263 e. The number of likely N-dealkylation sites (tertiary alicyclic amines) is 1. The molecular formula is C20H25FN2OS. The molecule has 134 valence electrons. The van der Waals surface area contributed by atoms with Gasteiger partial charge in [-0.1, -0.05) is 12.1 Å². The monoisotopic (exact) mass is 360 g/mol. The Morgan fingerprint density at radius 1 is 1.28 bits per heavy atom. The molecule has 5 heteroatoms. The van der Waals surface area contributed by atoms with E-state index < -0.39 is 0 Å². The quantitative estimate of drug-likeness (QED) is 0.861. The van der Waals surface area contributed by atoms with Crippen LogP contribution in [0.1, 0.15) is 33.8 Å². The molecule has 3 nitrogen and oxygen atoms in total. The number of carbonyl (C=O) groups excluding carboxylic acids is 1. The zero-order chi connectivity index (χ0) is 17.8. The second-order valence-electron chi connectivity index (χ2n) is 6.72. The van der Waals surface area contributed by atoms with Gasteiger partial charge in [-0.15, -0.1) is 11.3 Å². The normalized spacial score (nSPS) is 15.6. The van der Waals surface area contributed by atoms with Gasteiger partial charge < -0.3 is 10.2 Å². The molecule has 0 aliphatic carbocycles. The van der Waals surface area contributed by atoms with Crippen molar-refractivity contribution < 1.29 is 9.18 Å². The van der Waals surface area contributed by atoms with Crippen molar-refractivity contribution in [2.45, 2.75) is 26.2 Å². The molecule has 1 amide bonds. The minimum Gasteiger partial charge on any atom is -0.338 e. The van der Waals surface area contributed by atoms with E-state index in [1.54, 1.807) is 12.1 Å². The Morgan fingerprint density at radius 3 is 2.60 bits per heavy atom. The maximum atomic E-state index is 13.1. The van der Waals surface area contributed by atoms with Gasteiger partial charge in [0.2, 0.25) is 0 Å². The van der Waals surface area contributed by atoms with E-state index in [2.05, 4.69) is 5.32 Å². The Labute approximate surface area is 152 Å². The maximum Gasteiger partial charge on any atom is 0.263 e. The van der Waals surface area contributed by atoms with Gasteiger partial charge in [0.25, 0.3) is 5.91 Å². The first-order chi connectivity index (χ1) is 12.1. The van der Waals surface area contributed by atoms with Crippen LogP contribution in [0.5, 0.6) is 0 Å². The topological polar surface area (TPSA) is 32.3 Å². The van der Waals surface area contributed by atoms with Crippen molar-refractivity contribution in [2.75, 3.05) is 26.7 Å². The molecule has 3 rings (SSSR count). The van der Waals surface area contributed by atoms with Gasteiger partial charge in [0, 0.05) is 18.0 Å². The summed E-state index contributed by atoms with van der Waals surface area (Å²) in [4.78, 5) is 16.7. The number of nitrogens with one attached hydrogen (secondary N) is 1.